The number of nitrogens with zero attached hydrogens (tertiary/aromatic N) is 2. The van der Waals surface area contributed by atoms with E-state index in [1.807, 2.05) is 24.3 Å². The van der Waals surface area contributed by atoms with Crippen LogP contribution in [0.15, 0.2) is 71.7 Å². The van der Waals surface area contributed by atoms with E-state index < -0.39 is 10.9 Å². The van der Waals surface area contributed by atoms with Crippen LogP contribution in [-0.4, -0.2) is 24.2 Å². The van der Waals surface area contributed by atoms with Crippen LogP contribution in [0.2, 0.25) is 0 Å². The van der Waals surface area contributed by atoms with Gasteiger partial charge >= 0.3 is 11.7 Å². The van der Waals surface area contributed by atoms with Gasteiger partial charge in [0.15, 0.2) is 0 Å². The molecule has 0 heterocycles. The van der Waals surface area contributed by atoms with E-state index in [-0.39, 0.29) is 17.0 Å². The van der Waals surface area contributed by atoms with E-state index in [1.165, 1.54) is 37.6 Å². The zero-order valence-electron chi connectivity index (χ0n) is 15.2. The average molecular weight is 502 g/mol. The number of halogens is 1. The summed E-state index contributed by atoms with van der Waals surface area (Å²) in [5.74, 6) is -0.248. The van der Waals surface area contributed by atoms with Crippen molar-refractivity contribution in [2.75, 3.05) is 7.11 Å². The Morgan fingerprint density at radius 1 is 1.07 bits per heavy atom. The van der Waals surface area contributed by atoms with Gasteiger partial charge in [-0.05, 0) is 88.8 Å². The number of hydrogen-bond acceptors (Lipinski definition) is 6. The first kappa shape index (κ1) is 20.5. The van der Waals surface area contributed by atoms with Crippen LogP contribution in [0.4, 0.5) is 11.4 Å². The number of nitro benzene ring substituents is 1. The largest absolute Gasteiger partial charge is 0.497 e. The highest BCUT2D eigenvalue weighted by Crippen LogP contribution is 2.29. The minimum atomic E-state index is -0.698. The molecule has 0 saturated carbocycles. The summed E-state index contributed by atoms with van der Waals surface area (Å²) in [5.41, 5.74) is 1.17. The van der Waals surface area contributed by atoms with Gasteiger partial charge in [-0.3, -0.25) is 15.1 Å². The molecule has 3 rings (SSSR count). The lowest BCUT2D eigenvalue weighted by atomic mass is 10.2. The molecule has 0 aromatic heterocycles. The molecule has 0 amide bonds. The maximum atomic E-state index is 12.3. The standard InChI is InChI=1S/C21H15IN2O5/c1-28-18-9-3-15(4-10-18)21(25)29-20-11-2-14(12-19(20)24(26)27)13-23-17-7-5-16(22)6-8-17/h2-13H,1H3. The second kappa shape index (κ2) is 9.28. The molecule has 0 fully saturated rings. The van der Waals surface area contributed by atoms with Gasteiger partial charge in [0.1, 0.15) is 5.75 Å². The molecule has 0 unspecified atom stereocenters. The number of nitro groups is 1. The number of carbonyl (C=O) groups excluding carboxylic acids is 1. The SMILES string of the molecule is COc1ccc(C(=O)Oc2ccc(C=Nc3ccc(I)cc3)cc2[N+](=O)[O-])cc1. The molecule has 0 bridgehead atoms. The van der Waals surface area contributed by atoms with Crippen molar-refractivity contribution < 1.29 is 19.2 Å². The predicted octanol–water partition coefficient (Wildman–Crippen LogP) is 5.18. The fourth-order valence-electron chi connectivity index (χ4n) is 2.41. The summed E-state index contributed by atoms with van der Waals surface area (Å²) in [4.78, 5) is 27.4. The Labute approximate surface area is 180 Å². The highest BCUT2D eigenvalue weighted by atomic mass is 127. The summed E-state index contributed by atoms with van der Waals surface area (Å²) in [6.07, 6.45) is 1.52. The maximum Gasteiger partial charge on any atom is 0.343 e. The zero-order chi connectivity index (χ0) is 20.8. The van der Waals surface area contributed by atoms with Gasteiger partial charge < -0.3 is 9.47 Å². The van der Waals surface area contributed by atoms with Crippen LogP contribution in [-0.2, 0) is 0 Å². The first-order chi connectivity index (χ1) is 14.0. The molecule has 0 saturated heterocycles. The summed E-state index contributed by atoms with van der Waals surface area (Å²) in [5, 5.41) is 11.4. The summed E-state index contributed by atoms with van der Waals surface area (Å²) in [6, 6.07) is 18.1. The molecule has 3 aromatic carbocycles. The van der Waals surface area contributed by atoms with Gasteiger partial charge in [-0.15, -0.1) is 0 Å². The Balaban J connectivity index is 1.81. The number of aliphatic imine (C=N–C) groups is 1. The lowest BCUT2D eigenvalue weighted by Gasteiger charge is -2.06. The van der Waals surface area contributed by atoms with Crippen LogP contribution in [0.25, 0.3) is 0 Å². The molecule has 0 spiro atoms. The van der Waals surface area contributed by atoms with Gasteiger partial charge in [0.05, 0.1) is 23.3 Å². The van der Waals surface area contributed by atoms with Crippen LogP contribution in [0.5, 0.6) is 11.5 Å². The summed E-state index contributed by atoms with van der Waals surface area (Å²) in [6.45, 7) is 0. The second-order valence-electron chi connectivity index (χ2n) is 5.84. The maximum absolute atomic E-state index is 12.3. The van der Waals surface area contributed by atoms with E-state index in [4.69, 9.17) is 9.47 Å². The third-order valence-electron chi connectivity index (χ3n) is 3.90. The number of carbonyl (C=O) groups is 1. The molecule has 0 aliphatic carbocycles. The number of ether oxygens (including phenoxy) is 2. The lowest BCUT2D eigenvalue weighted by molar-refractivity contribution is -0.385. The number of hydrogen-bond donors (Lipinski definition) is 0. The Kier molecular flexibility index (Phi) is 6.55. The van der Waals surface area contributed by atoms with E-state index in [2.05, 4.69) is 27.6 Å². The van der Waals surface area contributed by atoms with E-state index in [9.17, 15) is 14.9 Å². The Bertz CT molecular complexity index is 1060. The van der Waals surface area contributed by atoms with Crippen LogP contribution in [0.3, 0.4) is 0 Å². The Morgan fingerprint density at radius 2 is 1.76 bits per heavy atom. The fraction of sp³-hybridized carbons (Fsp3) is 0.0476. The van der Waals surface area contributed by atoms with Crippen molar-refractivity contribution in [3.05, 3.63) is 91.5 Å². The van der Waals surface area contributed by atoms with E-state index in [0.29, 0.717) is 11.3 Å². The molecule has 7 nitrogen and oxygen atoms in total. The molecular formula is C21H15IN2O5. The van der Waals surface area contributed by atoms with Crippen molar-refractivity contribution in [3.63, 3.8) is 0 Å². The number of methoxy groups -OCH3 is 1. The number of benzene rings is 3. The summed E-state index contributed by atoms with van der Waals surface area (Å²) in [7, 11) is 1.51. The van der Waals surface area contributed by atoms with Crippen molar-refractivity contribution in [1.29, 1.82) is 0 Å². The van der Waals surface area contributed by atoms with Crippen LogP contribution in [0.1, 0.15) is 15.9 Å². The number of rotatable bonds is 6. The van der Waals surface area contributed by atoms with Gasteiger partial charge in [0, 0.05) is 15.9 Å². The van der Waals surface area contributed by atoms with Gasteiger partial charge in [-0.1, -0.05) is 0 Å². The lowest BCUT2D eigenvalue weighted by Crippen LogP contribution is -2.10. The van der Waals surface area contributed by atoms with Crippen LogP contribution in [0, 0.1) is 13.7 Å². The first-order valence-electron chi connectivity index (χ1n) is 8.40. The smallest absolute Gasteiger partial charge is 0.343 e. The molecule has 0 aliphatic rings. The van der Waals surface area contributed by atoms with Crippen molar-refractivity contribution in [3.8, 4) is 11.5 Å². The van der Waals surface area contributed by atoms with Crippen molar-refractivity contribution >= 4 is 46.1 Å². The van der Waals surface area contributed by atoms with Gasteiger partial charge in [-0.25, -0.2) is 4.79 Å². The van der Waals surface area contributed by atoms with E-state index in [0.717, 1.165) is 9.26 Å². The molecule has 0 aliphatic heterocycles. The minimum absolute atomic E-state index is 0.137. The van der Waals surface area contributed by atoms with Crippen LogP contribution < -0.4 is 9.47 Å². The minimum Gasteiger partial charge on any atom is -0.497 e. The molecule has 0 N–H and O–H groups in total. The topological polar surface area (TPSA) is 91.0 Å². The Morgan fingerprint density at radius 3 is 2.38 bits per heavy atom. The fourth-order valence-corrected chi connectivity index (χ4v) is 2.77. The quantitative estimate of drug-likeness (QED) is 0.116. The van der Waals surface area contributed by atoms with E-state index >= 15 is 0 Å². The third-order valence-corrected chi connectivity index (χ3v) is 4.62. The van der Waals surface area contributed by atoms with Gasteiger partial charge in [-0.2, -0.15) is 0 Å². The molecule has 29 heavy (non-hydrogen) atoms. The zero-order valence-corrected chi connectivity index (χ0v) is 17.4. The normalized spacial score (nSPS) is 10.7. The number of esters is 1. The third kappa shape index (κ3) is 5.38. The van der Waals surface area contributed by atoms with Crippen molar-refractivity contribution in [2.24, 2.45) is 4.99 Å². The van der Waals surface area contributed by atoms with Crippen molar-refractivity contribution in [2.45, 2.75) is 0 Å². The highest BCUT2D eigenvalue weighted by molar-refractivity contribution is 14.1. The molecular weight excluding hydrogens is 487 g/mol. The average Bonchev–Trinajstić information content (AvgIpc) is 2.74. The molecule has 0 atom stereocenters. The summed E-state index contributed by atoms with van der Waals surface area (Å²) >= 11 is 2.19. The molecule has 0 radical (unpaired) electrons. The van der Waals surface area contributed by atoms with Gasteiger partial charge in [0.2, 0.25) is 5.75 Å². The highest BCUT2D eigenvalue weighted by Gasteiger charge is 2.19. The summed E-state index contributed by atoms with van der Waals surface area (Å²) < 4.78 is 11.4. The van der Waals surface area contributed by atoms with Crippen molar-refractivity contribution in [1.82, 2.24) is 0 Å². The molecule has 3 aromatic rings. The first-order valence-corrected chi connectivity index (χ1v) is 9.48. The second-order valence-corrected chi connectivity index (χ2v) is 7.08. The predicted molar refractivity (Wildman–Crippen MR) is 117 cm³/mol. The molecule has 146 valence electrons. The van der Waals surface area contributed by atoms with Crippen LogP contribution >= 0.6 is 22.6 Å². The van der Waals surface area contributed by atoms with Gasteiger partial charge in [0.25, 0.3) is 0 Å². The monoisotopic (exact) mass is 502 g/mol. The Hall–Kier alpha value is -3.27. The van der Waals surface area contributed by atoms with E-state index in [1.54, 1.807) is 18.2 Å². The molecule has 8 heteroatoms.